The van der Waals surface area contributed by atoms with Crippen molar-refractivity contribution in [2.75, 3.05) is 27.1 Å². The van der Waals surface area contributed by atoms with Crippen molar-refractivity contribution in [1.82, 2.24) is 14.9 Å². The molecule has 4 rings (SSSR count). The monoisotopic (exact) mass is 430 g/mol. The van der Waals surface area contributed by atoms with Crippen LogP contribution in [0, 0.1) is 0 Å². The Balaban J connectivity index is 1.68. The molecule has 0 saturated carbocycles. The van der Waals surface area contributed by atoms with Gasteiger partial charge in [0.25, 0.3) is 0 Å². The zero-order valence-electron chi connectivity index (χ0n) is 16.2. The van der Waals surface area contributed by atoms with Crippen LogP contribution in [-0.2, 0) is 6.42 Å². The molecule has 2 aromatic carbocycles. The third-order valence-electron chi connectivity index (χ3n) is 4.50. The summed E-state index contributed by atoms with van der Waals surface area (Å²) in [4.78, 5) is 0. The van der Waals surface area contributed by atoms with Gasteiger partial charge in [-0.05, 0) is 35.4 Å². The van der Waals surface area contributed by atoms with E-state index in [1.165, 1.54) is 0 Å². The number of rotatable bonds is 6. The molecular formula is C20H19ClN4O3S. The molecule has 2 heterocycles. The largest absolute Gasteiger partial charge is 0.493 e. The van der Waals surface area contributed by atoms with Gasteiger partial charge in [0.1, 0.15) is 0 Å². The lowest BCUT2D eigenvalue weighted by molar-refractivity contribution is 0.324. The zero-order valence-corrected chi connectivity index (χ0v) is 17.8. The summed E-state index contributed by atoms with van der Waals surface area (Å²) < 4.78 is 18.1. The summed E-state index contributed by atoms with van der Waals surface area (Å²) in [6.45, 7) is 0. The second-order valence-electron chi connectivity index (χ2n) is 6.26. The maximum Gasteiger partial charge on any atom is 0.212 e. The minimum Gasteiger partial charge on any atom is -0.493 e. The number of aromatic nitrogens is 3. The summed E-state index contributed by atoms with van der Waals surface area (Å²) in [7, 11) is 4.78. The molecule has 0 radical (unpaired) electrons. The number of fused-ring (bicyclic) bond motifs is 1. The number of nitrogens with zero attached hydrogens (tertiary/aromatic N) is 4. The molecule has 1 aliphatic rings. The summed E-state index contributed by atoms with van der Waals surface area (Å²) >= 11 is 7.61. The van der Waals surface area contributed by atoms with E-state index in [2.05, 4.69) is 10.2 Å². The first-order valence-corrected chi connectivity index (χ1v) is 10.2. The molecule has 0 aliphatic carbocycles. The lowest BCUT2D eigenvalue weighted by Crippen LogP contribution is -2.14. The predicted molar refractivity (Wildman–Crippen MR) is 113 cm³/mol. The van der Waals surface area contributed by atoms with Crippen molar-refractivity contribution in [2.45, 2.75) is 11.6 Å². The Morgan fingerprint density at radius 2 is 1.69 bits per heavy atom. The minimum atomic E-state index is 0.516. The van der Waals surface area contributed by atoms with Crippen molar-refractivity contribution in [3.63, 3.8) is 0 Å². The van der Waals surface area contributed by atoms with Crippen LogP contribution in [0.15, 0.2) is 46.7 Å². The highest BCUT2D eigenvalue weighted by Crippen LogP contribution is 2.38. The van der Waals surface area contributed by atoms with Crippen LogP contribution in [0.5, 0.6) is 17.2 Å². The van der Waals surface area contributed by atoms with Gasteiger partial charge in [0, 0.05) is 17.2 Å². The third kappa shape index (κ3) is 3.90. The second-order valence-corrected chi connectivity index (χ2v) is 7.64. The van der Waals surface area contributed by atoms with Crippen molar-refractivity contribution in [3.8, 4) is 17.2 Å². The number of hydrogen-bond donors (Lipinski definition) is 0. The van der Waals surface area contributed by atoms with E-state index >= 15 is 0 Å². The average molecular weight is 431 g/mol. The number of hydrogen-bond acceptors (Lipinski definition) is 7. The van der Waals surface area contributed by atoms with Crippen LogP contribution in [0.25, 0.3) is 0 Å². The first-order chi connectivity index (χ1) is 14.1. The highest BCUT2D eigenvalue weighted by atomic mass is 35.5. The molecule has 1 aliphatic heterocycles. The maximum atomic E-state index is 6.00. The summed E-state index contributed by atoms with van der Waals surface area (Å²) in [5.41, 5.74) is 2.93. The third-order valence-corrected chi connectivity index (χ3v) is 5.68. The summed E-state index contributed by atoms with van der Waals surface area (Å²) in [5, 5.41) is 14.9. The van der Waals surface area contributed by atoms with Gasteiger partial charge in [-0.1, -0.05) is 35.5 Å². The lowest BCUT2D eigenvalue weighted by atomic mass is 10.1. The number of benzene rings is 2. The van der Waals surface area contributed by atoms with Crippen molar-refractivity contribution in [2.24, 2.45) is 5.10 Å². The van der Waals surface area contributed by atoms with Gasteiger partial charge in [-0.3, -0.25) is 0 Å². The number of halogens is 1. The SMILES string of the molecule is COc1cc(Cc2nnc3n2N=C(c2ccc(Cl)cc2)CS3)cc(OC)c1OC. The van der Waals surface area contributed by atoms with Gasteiger partial charge in [-0.2, -0.15) is 9.78 Å². The Hall–Kier alpha value is -2.71. The van der Waals surface area contributed by atoms with E-state index in [0.29, 0.717) is 28.7 Å². The van der Waals surface area contributed by atoms with E-state index < -0.39 is 0 Å². The van der Waals surface area contributed by atoms with Crippen molar-refractivity contribution in [3.05, 3.63) is 58.4 Å². The first-order valence-electron chi connectivity index (χ1n) is 8.82. The molecule has 150 valence electrons. The van der Waals surface area contributed by atoms with Gasteiger partial charge in [0.2, 0.25) is 10.9 Å². The van der Waals surface area contributed by atoms with Gasteiger partial charge in [0.15, 0.2) is 17.3 Å². The van der Waals surface area contributed by atoms with Crippen LogP contribution in [-0.4, -0.2) is 47.7 Å². The number of methoxy groups -OCH3 is 3. The van der Waals surface area contributed by atoms with Gasteiger partial charge in [-0.15, -0.1) is 10.2 Å². The first kappa shape index (κ1) is 19.6. The molecule has 0 bridgehead atoms. The summed E-state index contributed by atoms with van der Waals surface area (Å²) in [5.74, 6) is 3.21. The summed E-state index contributed by atoms with van der Waals surface area (Å²) in [6.07, 6.45) is 0.516. The quantitative estimate of drug-likeness (QED) is 0.590. The molecule has 29 heavy (non-hydrogen) atoms. The second kappa shape index (κ2) is 8.34. The van der Waals surface area contributed by atoms with Crippen LogP contribution in [0.3, 0.4) is 0 Å². The van der Waals surface area contributed by atoms with Gasteiger partial charge < -0.3 is 14.2 Å². The lowest BCUT2D eigenvalue weighted by Gasteiger charge is -2.15. The molecule has 0 unspecified atom stereocenters. The van der Waals surface area contributed by atoms with E-state index in [1.807, 2.05) is 36.4 Å². The van der Waals surface area contributed by atoms with E-state index in [-0.39, 0.29) is 0 Å². The van der Waals surface area contributed by atoms with Crippen LogP contribution in [0.2, 0.25) is 5.02 Å². The van der Waals surface area contributed by atoms with Gasteiger partial charge >= 0.3 is 0 Å². The fourth-order valence-electron chi connectivity index (χ4n) is 3.08. The zero-order chi connectivity index (χ0) is 20.4. The molecular weight excluding hydrogens is 412 g/mol. The van der Waals surface area contributed by atoms with Crippen molar-refractivity contribution >= 4 is 29.1 Å². The maximum absolute atomic E-state index is 6.00. The van der Waals surface area contributed by atoms with E-state index in [4.69, 9.17) is 30.9 Å². The standard InChI is InChI=1S/C20H19ClN4O3S/c1-26-16-8-12(9-17(27-2)19(16)28-3)10-18-22-23-20-25(18)24-15(11-29-20)13-4-6-14(21)7-5-13/h4-9H,10-11H2,1-3H3. The van der Waals surface area contributed by atoms with Gasteiger partial charge in [0.05, 0.1) is 27.0 Å². The fraction of sp³-hybridized carbons (Fsp3) is 0.250. The van der Waals surface area contributed by atoms with Crippen LogP contribution in [0.4, 0.5) is 0 Å². The highest BCUT2D eigenvalue weighted by Gasteiger charge is 2.21. The van der Waals surface area contributed by atoms with Crippen molar-refractivity contribution < 1.29 is 14.2 Å². The Morgan fingerprint density at radius 3 is 2.31 bits per heavy atom. The average Bonchev–Trinajstić information content (AvgIpc) is 3.15. The van der Waals surface area contributed by atoms with Crippen LogP contribution in [0.1, 0.15) is 17.0 Å². The molecule has 0 saturated heterocycles. The molecule has 0 atom stereocenters. The molecule has 0 amide bonds. The topological polar surface area (TPSA) is 70.8 Å². The molecule has 1 aromatic heterocycles. The highest BCUT2D eigenvalue weighted by molar-refractivity contribution is 7.99. The molecule has 0 N–H and O–H groups in total. The molecule has 0 fully saturated rings. The summed E-state index contributed by atoms with van der Waals surface area (Å²) in [6, 6.07) is 11.5. The number of thioether (sulfide) groups is 1. The smallest absolute Gasteiger partial charge is 0.212 e. The predicted octanol–water partition coefficient (Wildman–Crippen LogP) is 3.91. The Labute approximate surface area is 177 Å². The van der Waals surface area contributed by atoms with Crippen LogP contribution >= 0.6 is 23.4 Å². The normalized spacial score (nSPS) is 12.9. The van der Waals surface area contributed by atoms with Crippen LogP contribution < -0.4 is 14.2 Å². The molecule has 0 spiro atoms. The number of ether oxygens (including phenoxy) is 3. The van der Waals surface area contributed by atoms with E-state index in [0.717, 1.165) is 33.6 Å². The van der Waals surface area contributed by atoms with E-state index in [1.54, 1.807) is 37.8 Å². The van der Waals surface area contributed by atoms with Gasteiger partial charge in [-0.25, -0.2) is 0 Å². The Kier molecular flexibility index (Phi) is 5.64. The minimum absolute atomic E-state index is 0.516. The molecule has 3 aromatic rings. The Bertz CT molecular complexity index is 1040. The molecule has 9 heteroatoms. The Morgan fingerprint density at radius 1 is 1.00 bits per heavy atom. The van der Waals surface area contributed by atoms with E-state index in [9.17, 15) is 0 Å². The van der Waals surface area contributed by atoms with Crippen molar-refractivity contribution in [1.29, 1.82) is 0 Å². The fourth-order valence-corrected chi connectivity index (χ4v) is 4.07. The molecule has 7 nitrogen and oxygen atoms in total.